The minimum absolute atomic E-state index is 0.640. The van der Waals surface area contributed by atoms with Crippen LogP contribution in [0, 0.1) is 23.7 Å². The van der Waals surface area contributed by atoms with Crippen LogP contribution in [0.1, 0.15) is 31.0 Å². The highest BCUT2D eigenvalue weighted by atomic mass is 16.5. The van der Waals surface area contributed by atoms with Crippen molar-refractivity contribution in [2.45, 2.75) is 25.2 Å². The molecule has 2 aromatic heterocycles. The van der Waals surface area contributed by atoms with E-state index in [0.29, 0.717) is 11.8 Å². The molecule has 4 heteroatoms. The second-order valence-corrected chi connectivity index (χ2v) is 6.36. The van der Waals surface area contributed by atoms with E-state index in [9.17, 15) is 0 Å². The summed E-state index contributed by atoms with van der Waals surface area (Å²) in [6.45, 7) is 0. The van der Waals surface area contributed by atoms with Crippen LogP contribution in [0.15, 0.2) is 12.1 Å². The zero-order valence-corrected chi connectivity index (χ0v) is 11.0. The highest BCUT2D eigenvalue weighted by molar-refractivity contribution is 5.71. The number of rotatable bonds is 2. The van der Waals surface area contributed by atoms with Gasteiger partial charge in [0.25, 0.3) is 0 Å². The van der Waals surface area contributed by atoms with Gasteiger partial charge >= 0.3 is 0 Å². The van der Waals surface area contributed by atoms with Gasteiger partial charge < -0.3 is 9.72 Å². The quantitative estimate of drug-likeness (QED) is 0.897. The largest absolute Gasteiger partial charge is 0.481 e. The van der Waals surface area contributed by atoms with Crippen molar-refractivity contribution in [3.8, 4) is 5.88 Å². The third-order valence-electron chi connectivity index (χ3n) is 5.60. The lowest BCUT2D eigenvalue weighted by Gasteiger charge is -2.05. The first-order chi connectivity index (χ1) is 9.35. The molecule has 0 spiro atoms. The van der Waals surface area contributed by atoms with E-state index in [2.05, 4.69) is 9.97 Å². The monoisotopic (exact) mass is 255 g/mol. The zero-order valence-electron chi connectivity index (χ0n) is 11.0. The van der Waals surface area contributed by atoms with E-state index in [1.54, 1.807) is 7.11 Å². The van der Waals surface area contributed by atoms with Gasteiger partial charge in [-0.3, -0.25) is 0 Å². The average molecular weight is 255 g/mol. The number of nitrogens with zero attached hydrogens (tertiary/aromatic N) is 2. The maximum atomic E-state index is 5.16. The van der Waals surface area contributed by atoms with Crippen LogP contribution in [-0.2, 0) is 0 Å². The Bertz CT molecular complexity index is 648. The van der Waals surface area contributed by atoms with Crippen molar-refractivity contribution in [1.82, 2.24) is 15.0 Å². The highest BCUT2D eigenvalue weighted by Crippen LogP contribution is 2.72. The number of aromatic nitrogens is 3. The summed E-state index contributed by atoms with van der Waals surface area (Å²) < 4.78 is 5.16. The molecule has 98 valence electrons. The molecule has 1 N–H and O–H groups in total. The number of fused-ring (bicyclic) bond motifs is 6. The van der Waals surface area contributed by atoms with Gasteiger partial charge in [0.05, 0.1) is 12.6 Å². The van der Waals surface area contributed by atoms with E-state index in [4.69, 9.17) is 9.72 Å². The van der Waals surface area contributed by atoms with E-state index >= 15 is 0 Å². The molecule has 4 nitrogen and oxygen atoms in total. The minimum atomic E-state index is 0.640. The van der Waals surface area contributed by atoms with Crippen molar-refractivity contribution in [3.05, 3.63) is 18.0 Å². The Balaban J connectivity index is 1.53. The molecule has 0 aliphatic heterocycles. The van der Waals surface area contributed by atoms with Crippen molar-refractivity contribution in [3.63, 3.8) is 0 Å². The van der Waals surface area contributed by atoms with Gasteiger partial charge in [0.1, 0.15) is 5.82 Å². The number of hydrogen-bond donors (Lipinski definition) is 1. The molecule has 2 bridgehead atoms. The van der Waals surface area contributed by atoms with E-state index in [0.717, 1.165) is 34.8 Å². The predicted molar refractivity (Wildman–Crippen MR) is 71.0 cm³/mol. The molecule has 5 rings (SSSR count). The Hall–Kier alpha value is -1.58. The summed E-state index contributed by atoms with van der Waals surface area (Å²) in [6, 6.07) is 3.91. The molecule has 3 aliphatic carbocycles. The summed E-state index contributed by atoms with van der Waals surface area (Å²) in [7, 11) is 1.64. The number of methoxy groups -OCH3 is 1. The van der Waals surface area contributed by atoms with Gasteiger partial charge in [-0.15, -0.1) is 0 Å². The number of nitrogens with one attached hydrogen (secondary N) is 1. The summed E-state index contributed by atoms with van der Waals surface area (Å²) in [5.74, 6) is 6.30. The first kappa shape index (κ1) is 10.2. The van der Waals surface area contributed by atoms with Gasteiger partial charge in [-0.05, 0) is 49.0 Å². The Morgan fingerprint density at radius 3 is 2.68 bits per heavy atom. The van der Waals surface area contributed by atoms with Crippen LogP contribution in [-0.4, -0.2) is 22.1 Å². The van der Waals surface area contributed by atoms with E-state index in [1.807, 2.05) is 12.1 Å². The fraction of sp³-hybridized carbons (Fsp3) is 0.600. The molecular weight excluding hydrogens is 238 g/mol. The second-order valence-electron chi connectivity index (χ2n) is 6.36. The summed E-state index contributed by atoms with van der Waals surface area (Å²) in [6.07, 6.45) is 4.39. The van der Waals surface area contributed by atoms with Crippen LogP contribution in [0.25, 0.3) is 11.2 Å². The molecule has 0 amide bonds. The van der Waals surface area contributed by atoms with Gasteiger partial charge in [-0.25, -0.2) is 4.98 Å². The highest BCUT2D eigenvalue weighted by Gasteiger charge is 2.66. The Morgan fingerprint density at radius 1 is 1.16 bits per heavy atom. The van der Waals surface area contributed by atoms with Gasteiger partial charge in [-0.1, -0.05) is 0 Å². The van der Waals surface area contributed by atoms with Crippen LogP contribution < -0.4 is 4.74 Å². The Kier molecular flexibility index (Phi) is 1.78. The summed E-state index contributed by atoms with van der Waals surface area (Å²) in [5, 5.41) is 0. The normalized spacial score (nSPS) is 38.7. The SMILES string of the molecule is COc1ccc2[nH]c(C3C4C5CCC(C5)C34)nc2n1. The van der Waals surface area contributed by atoms with Gasteiger partial charge in [0.2, 0.25) is 5.88 Å². The summed E-state index contributed by atoms with van der Waals surface area (Å²) in [4.78, 5) is 12.6. The maximum Gasteiger partial charge on any atom is 0.215 e. The fourth-order valence-electron chi connectivity index (χ4n) is 4.86. The molecule has 2 heterocycles. The van der Waals surface area contributed by atoms with Crippen molar-refractivity contribution in [2.75, 3.05) is 7.11 Å². The number of H-pyrrole nitrogens is 1. The summed E-state index contributed by atoms with van der Waals surface area (Å²) in [5.41, 5.74) is 1.83. The molecule has 0 saturated heterocycles. The van der Waals surface area contributed by atoms with E-state index < -0.39 is 0 Å². The lowest BCUT2D eigenvalue weighted by Crippen LogP contribution is -1.98. The van der Waals surface area contributed by atoms with Gasteiger partial charge in [0.15, 0.2) is 5.65 Å². The second kappa shape index (κ2) is 3.30. The lowest BCUT2D eigenvalue weighted by molar-refractivity contribution is 0.399. The van der Waals surface area contributed by atoms with Crippen LogP contribution in [0.4, 0.5) is 0 Å². The standard InChI is InChI=1S/C15H17N3O/c1-19-10-5-4-9-14(17-10)18-15(16-9)13-11-7-2-3-8(6-7)12(11)13/h4-5,7-8,11-13H,2-3,6H2,1H3,(H,16,17,18). The number of aromatic amines is 1. The summed E-state index contributed by atoms with van der Waals surface area (Å²) >= 11 is 0. The van der Waals surface area contributed by atoms with Gasteiger partial charge in [0, 0.05) is 12.0 Å². The third-order valence-corrected chi connectivity index (χ3v) is 5.60. The lowest BCUT2D eigenvalue weighted by atomic mass is 10.0. The molecular formula is C15H17N3O. The van der Waals surface area contributed by atoms with Crippen LogP contribution in [0.2, 0.25) is 0 Å². The number of ether oxygens (including phenoxy) is 1. The van der Waals surface area contributed by atoms with Crippen LogP contribution in [0.5, 0.6) is 5.88 Å². The number of imidazole rings is 1. The molecule has 4 atom stereocenters. The first-order valence-corrected chi connectivity index (χ1v) is 7.26. The fourth-order valence-corrected chi connectivity index (χ4v) is 4.86. The van der Waals surface area contributed by atoms with Crippen molar-refractivity contribution < 1.29 is 4.74 Å². The molecule has 2 aromatic rings. The molecule has 0 aromatic carbocycles. The maximum absolute atomic E-state index is 5.16. The van der Waals surface area contributed by atoms with Crippen LogP contribution >= 0.6 is 0 Å². The van der Waals surface area contributed by atoms with Crippen molar-refractivity contribution in [2.24, 2.45) is 23.7 Å². The van der Waals surface area contributed by atoms with Gasteiger partial charge in [-0.2, -0.15) is 4.98 Å². The third kappa shape index (κ3) is 1.24. The van der Waals surface area contributed by atoms with Crippen molar-refractivity contribution >= 4 is 11.2 Å². The molecule has 3 saturated carbocycles. The zero-order chi connectivity index (χ0) is 12.6. The molecule has 0 radical (unpaired) electrons. The first-order valence-electron chi connectivity index (χ1n) is 7.26. The van der Waals surface area contributed by atoms with Crippen molar-refractivity contribution in [1.29, 1.82) is 0 Å². The predicted octanol–water partition coefficient (Wildman–Crippen LogP) is 2.73. The Labute approximate surface area is 111 Å². The average Bonchev–Trinajstić information content (AvgIpc) is 2.82. The molecule has 3 aliphatic rings. The van der Waals surface area contributed by atoms with E-state index in [-0.39, 0.29) is 0 Å². The molecule has 19 heavy (non-hydrogen) atoms. The minimum Gasteiger partial charge on any atom is -0.481 e. The smallest absolute Gasteiger partial charge is 0.215 e. The van der Waals surface area contributed by atoms with E-state index in [1.165, 1.54) is 25.1 Å². The van der Waals surface area contributed by atoms with Crippen LogP contribution in [0.3, 0.4) is 0 Å². The number of pyridine rings is 1. The molecule has 4 unspecified atom stereocenters. The number of hydrogen-bond acceptors (Lipinski definition) is 3. The topological polar surface area (TPSA) is 50.8 Å². The molecule has 3 fully saturated rings. The Morgan fingerprint density at radius 2 is 1.95 bits per heavy atom.